The summed E-state index contributed by atoms with van der Waals surface area (Å²) in [4.78, 5) is 0. The van der Waals surface area contributed by atoms with Crippen LogP contribution in [0.3, 0.4) is 0 Å². The van der Waals surface area contributed by atoms with Crippen LogP contribution in [0.1, 0.15) is 26.2 Å². The van der Waals surface area contributed by atoms with Gasteiger partial charge in [-0.15, -0.1) is 6.58 Å². The van der Waals surface area contributed by atoms with Crippen molar-refractivity contribution in [1.82, 2.24) is 5.32 Å². The van der Waals surface area contributed by atoms with E-state index in [-0.39, 0.29) is 0 Å². The molecule has 2 rings (SSSR count). The lowest BCUT2D eigenvalue weighted by Crippen LogP contribution is -2.29. The van der Waals surface area contributed by atoms with Crippen LogP contribution in [-0.4, -0.2) is 13.1 Å². The number of allylic oxidation sites excluding steroid dienone is 1. The third-order valence-corrected chi connectivity index (χ3v) is 4.09. The number of fused-ring (bicyclic) bond motifs is 1. The minimum absolute atomic E-state index is 0.797. The third-order valence-electron chi connectivity index (χ3n) is 4.09. The van der Waals surface area contributed by atoms with Crippen LogP contribution < -0.4 is 5.32 Å². The van der Waals surface area contributed by atoms with E-state index in [4.69, 9.17) is 0 Å². The Kier molecular flexibility index (Phi) is 2.73. The lowest BCUT2D eigenvalue weighted by Gasteiger charge is -2.36. The van der Waals surface area contributed by atoms with Crippen molar-refractivity contribution in [3.63, 3.8) is 0 Å². The largest absolute Gasteiger partial charge is 0.316 e. The van der Waals surface area contributed by atoms with Crippen molar-refractivity contribution >= 4 is 0 Å². The first-order valence-electron chi connectivity index (χ1n) is 5.68. The summed E-state index contributed by atoms with van der Waals surface area (Å²) in [5.74, 6) is 3.64. The molecule has 0 aromatic rings. The van der Waals surface area contributed by atoms with E-state index in [1.807, 2.05) is 0 Å². The monoisotopic (exact) mass is 179 g/mol. The maximum absolute atomic E-state index is 3.98. The molecule has 1 heteroatoms. The van der Waals surface area contributed by atoms with E-state index in [0.717, 1.165) is 23.7 Å². The Morgan fingerprint density at radius 3 is 2.62 bits per heavy atom. The Morgan fingerprint density at radius 2 is 2.00 bits per heavy atom. The van der Waals surface area contributed by atoms with Crippen LogP contribution in [0.5, 0.6) is 0 Å². The summed E-state index contributed by atoms with van der Waals surface area (Å²) in [6.07, 6.45) is 6.35. The Hall–Kier alpha value is -0.300. The first-order valence-corrected chi connectivity index (χ1v) is 5.68. The van der Waals surface area contributed by atoms with Gasteiger partial charge in [0.1, 0.15) is 0 Å². The molecule has 1 aliphatic carbocycles. The van der Waals surface area contributed by atoms with Gasteiger partial charge < -0.3 is 5.32 Å². The molecule has 2 fully saturated rings. The molecule has 0 bridgehead atoms. The molecule has 74 valence electrons. The SMILES string of the molecule is C=CC1C[C@H]2CNCC2CC1CC. The molecule has 0 aromatic carbocycles. The molecular weight excluding hydrogens is 158 g/mol. The zero-order valence-corrected chi connectivity index (χ0v) is 8.63. The van der Waals surface area contributed by atoms with Gasteiger partial charge in [0.15, 0.2) is 0 Å². The standard InChI is InChI=1S/C12H21N/c1-3-9-5-11-7-13-8-12(11)6-10(9)4-2/h3,9-13H,1,4-8H2,2H3/t9?,10?,11-,12?/m0/s1. The van der Waals surface area contributed by atoms with Crippen molar-refractivity contribution in [2.24, 2.45) is 23.7 Å². The molecule has 4 atom stereocenters. The lowest BCUT2D eigenvalue weighted by atomic mass is 9.69. The molecule has 13 heavy (non-hydrogen) atoms. The molecule has 1 heterocycles. The van der Waals surface area contributed by atoms with Crippen molar-refractivity contribution in [2.45, 2.75) is 26.2 Å². The zero-order valence-electron chi connectivity index (χ0n) is 8.63. The highest BCUT2D eigenvalue weighted by atomic mass is 14.9. The number of hydrogen-bond donors (Lipinski definition) is 1. The molecule has 1 saturated carbocycles. The Balaban J connectivity index is 2.03. The number of hydrogen-bond acceptors (Lipinski definition) is 1. The molecule has 1 aliphatic heterocycles. The predicted octanol–water partition coefficient (Wildman–Crippen LogP) is 2.44. The smallest absolute Gasteiger partial charge is 0.00171 e. The van der Waals surface area contributed by atoms with Gasteiger partial charge in [0.05, 0.1) is 0 Å². The lowest BCUT2D eigenvalue weighted by molar-refractivity contribution is 0.171. The molecular formula is C12H21N. The highest BCUT2D eigenvalue weighted by Gasteiger charge is 2.37. The van der Waals surface area contributed by atoms with Crippen molar-refractivity contribution in [3.8, 4) is 0 Å². The summed E-state index contributed by atoms with van der Waals surface area (Å²) in [5, 5.41) is 3.52. The summed E-state index contributed by atoms with van der Waals surface area (Å²) in [6, 6.07) is 0. The van der Waals surface area contributed by atoms with Gasteiger partial charge in [0.2, 0.25) is 0 Å². The van der Waals surface area contributed by atoms with Crippen LogP contribution >= 0.6 is 0 Å². The Bertz CT molecular complexity index is 188. The van der Waals surface area contributed by atoms with Crippen LogP contribution in [-0.2, 0) is 0 Å². The highest BCUT2D eigenvalue weighted by molar-refractivity contribution is 4.96. The average molecular weight is 179 g/mol. The second-order valence-corrected chi connectivity index (χ2v) is 4.72. The first kappa shape index (κ1) is 9.26. The van der Waals surface area contributed by atoms with E-state index in [0.29, 0.717) is 0 Å². The molecule has 0 spiro atoms. The molecule has 0 aromatic heterocycles. The number of rotatable bonds is 2. The second-order valence-electron chi connectivity index (χ2n) is 4.72. The molecule has 1 saturated heterocycles. The minimum Gasteiger partial charge on any atom is -0.316 e. The number of nitrogens with one attached hydrogen (secondary N) is 1. The van der Waals surface area contributed by atoms with Gasteiger partial charge in [-0.05, 0) is 49.6 Å². The summed E-state index contributed by atoms with van der Waals surface area (Å²) in [5.41, 5.74) is 0. The van der Waals surface area contributed by atoms with Gasteiger partial charge in [0.25, 0.3) is 0 Å². The van der Waals surface area contributed by atoms with Gasteiger partial charge >= 0.3 is 0 Å². The summed E-state index contributed by atoms with van der Waals surface area (Å²) >= 11 is 0. The quantitative estimate of drug-likeness (QED) is 0.642. The van der Waals surface area contributed by atoms with Gasteiger partial charge in [0, 0.05) is 0 Å². The van der Waals surface area contributed by atoms with E-state index in [1.165, 1.54) is 32.4 Å². The predicted molar refractivity (Wildman–Crippen MR) is 56.6 cm³/mol. The van der Waals surface area contributed by atoms with Crippen LogP contribution in [0.2, 0.25) is 0 Å². The maximum Gasteiger partial charge on any atom is -0.00171 e. The summed E-state index contributed by atoms with van der Waals surface area (Å²) in [7, 11) is 0. The van der Waals surface area contributed by atoms with E-state index < -0.39 is 0 Å². The molecule has 1 N–H and O–H groups in total. The fourth-order valence-corrected chi connectivity index (χ4v) is 3.20. The zero-order chi connectivity index (χ0) is 9.26. The van der Waals surface area contributed by atoms with Gasteiger partial charge in [-0.3, -0.25) is 0 Å². The van der Waals surface area contributed by atoms with Crippen molar-refractivity contribution < 1.29 is 0 Å². The van der Waals surface area contributed by atoms with Crippen molar-refractivity contribution in [1.29, 1.82) is 0 Å². The second kappa shape index (κ2) is 3.83. The first-order chi connectivity index (χ1) is 6.35. The van der Waals surface area contributed by atoms with Gasteiger partial charge in [-0.2, -0.15) is 0 Å². The maximum atomic E-state index is 3.98. The third kappa shape index (κ3) is 1.67. The van der Waals surface area contributed by atoms with Crippen LogP contribution in [0.4, 0.5) is 0 Å². The Morgan fingerprint density at radius 1 is 1.31 bits per heavy atom. The van der Waals surface area contributed by atoms with E-state index >= 15 is 0 Å². The molecule has 3 unspecified atom stereocenters. The van der Waals surface area contributed by atoms with Crippen LogP contribution in [0.15, 0.2) is 12.7 Å². The summed E-state index contributed by atoms with van der Waals surface area (Å²) in [6.45, 7) is 8.82. The minimum atomic E-state index is 0.797. The van der Waals surface area contributed by atoms with Crippen molar-refractivity contribution in [2.75, 3.05) is 13.1 Å². The fraction of sp³-hybridized carbons (Fsp3) is 0.833. The molecule has 1 nitrogen and oxygen atoms in total. The van der Waals surface area contributed by atoms with E-state index in [2.05, 4.69) is 24.9 Å². The average Bonchev–Trinajstić information content (AvgIpc) is 2.62. The van der Waals surface area contributed by atoms with E-state index in [9.17, 15) is 0 Å². The van der Waals surface area contributed by atoms with Crippen LogP contribution in [0, 0.1) is 23.7 Å². The summed E-state index contributed by atoms with van der Waals surface area (Å²) < 4.78 is 0. The normalized spacial score (nSPS) is 44.4. The Labute approximate surface area is 81.6 Å². The fourth-order valence-electron chi connectivity index (χ4n) is 3.20. The highest BCUT2D eigenvalue weighted by Crippen LogP contribution is 2.41. The molecule has 0 radical (unpaired) electrons. The topological polar surface area (TPSA) is 12.0 Å². The van der Waals surface area contributed by atoms with Crippen LogP contribution in [0.25, 0.3) is 0 Å². The molecule has 2 aliphatic rings. The molecule has 0 amide bonds. The van der Waals surface area contributed by atoms with Gasteiger partial charge in [-0.1, -0.05) is 19.4 Å². The van der Waals surface area contributed by atoms with Gasteiger partial charge in [-0.25, -0.2) is 0 Å². The van der Waals surface area contributed by atoms with E-state index in [1.54, 1.807) is 0 Å². The van der Waals surface area contributed by atoms with Crippen molar-refractivity contribution in [3.05, 3.63) is 12.7 Å².